The Labute approximate surface area is 142 Å². The Bertz CT molecular complexity index is 622. The molecule has 0 bridgehead atoms. The van der Waals surface area contributed by atoms with E-state index in [1.807, 2.05) is 6.92 Å². The van der Waals surface area contributed by atoms with Crippen LogP contribution in [0.2, 0.25) is 0 Å². The van der Waals surface area contributed by atoms with E-state index in [-0.39, 0.29) is 30.5 Å². The average Bonchev–Trinajstić information content (AvgIpc) is 2.87. The molecule has 0 spiro atoms. The minimum Gasteiger partial charge on any atom is -0.406 e. The third kappa shape index (κ3) is 5.63. The quantitative estimate of drug-likeness (QED) is 0.758. The maximum absolute atomic E-state index is 12.4. The molecule has 1 saturated heterocycles. The lowest BCUT2D eigenvalue weighted by atomic mass is 10.2. The predicted octanol–water partition coefficient (Wildman–Crippen LogP) is 2.23. The number of hydrogen-bond acceptors (Lipinski definition) is 4. The van der Waals surface area contributed by atoms with Gasteiger partial charge in [0, 0.05) is 31.3 Å². The number of anilines is 1. The predicted molar refractivity (Wildman–Crippen MR) is 83.1 cm³/mol. The minimum atomic E-state index is -4.80. The molecule has 2 rings (SSSR count). The molecule has 1 atom stereocenters. The molecule has 1 N–H and O–H groups in total. The van der Waals surface area contributed by atoms with Gasteiger partial charge in [0.15, 0.2) is 0 Å². The second-order valence-electron chi connectivity index (χ2n) is 5.39. The molecule has 2 amide bonds. The van der Waals surface area contributed by atoms with Crippen LogP contribution in [0.25, 0.3) is 0 Å². The van der Waals surface area contributed by atoms with E-state index in [9.17, 15) is 22.8 Å². The summed E-state index contributed by atoms with van der Waals surface area (Å²) in [6.45, 7) is 2.88. The average molecular weight is 360 g/mol. The first kappa shape index (κ1) is 19.0. The fourth-order valence-electron chi connectivity index (χ4n) is 2.49. The van der Waals surface area contributed by atoms with Gasteiger partial charge in [0.2, 0.25) is 11.8 Å². The van der Waals surface area contributed by atoms with Crippen molar-refractivity contribution in [2.75, 3.05) is 24.7 Å². The van der Waals surface area contributed by atoms with Crippen LogP contribution in [0.15, 0.2) is 24.3 Å². The molecule has 1 aliphatic rings. The third-order valence-electron chi connectivity index (χ3n) is 3.58. The van der Waals surface area contributed by atoms with Gasteiger partial charge in [0.1, 0.15) is 11.8 Å². The number of benzene rings is 1. The third-order valence-corrected chi connectivity index (χ3v) is 3.58. The van der Waals surface area contributed by atoms with Crippen molar-refractivity contribution in [3.63, 3.8) is 0 Å². The van der Waals surface area contributed by atoms with Gasteiger partial charge < -0.3 is 19.7 Å². The molecule has 1 fully saturated rings. The second-order valence-corrected chi connectivity index (χ2v) is 5.39. The van der Waals surface area contributed by atoms with Crippen LogP contribution in [0.4, 0.5) is 18.9 Å². The number of carbonyl (C=O) groups is 2. The normalized spacial score (nSPS) is 17.7. The molecular formula is C16H19F3N2O4. The summed E-state index contributed by atoms with van der Waals surface area (Å²) in [7, 11) is 0. The number of rotatable bonds is 7. The van der Waals surface area contributed by atoms with Gasteiger partial charge in [-0.2, -0.15) is 0 Å². The van der Waals surface area contributed by atoms with E-state index in [0.717, 1.165) is 12.1 Å². The summed E-state index contributed by atoms with van der Waals surface area (Å²) in [5.41, 5.74) is 0.290. The first-order valence-corrected chi connectivity index (χ1v) is 7.84. The summed E-state index contributed by atoms with van der Waals surface area (Å²) in [6, 6.07) is 4.49. The Kier molecular flexibility index (Phi) is 6.24. The molecule has 0 aliphatic carbocycles. The van der Waals surface area contributed by atoms with Crippen LogP contribution >= 0.6 is 0 Å². The van der Waals surface area contributed by atoms with Gasteiger partial charge in [0.25, 0.3) is 0 Å². The number of amides is 2. The number of ether oxygens (including phenoxy) is 2. The lowest BCUT2D eigenvalue weighted by Gasteiger charge is -2.18. The van der Waals surface area contributed by atoms with Crippen molar-refractivity contribution >= 4 is 17.5 Å². The van der Waals surface area contributed by atoms with Gasteiger partial charge in [-0.25, -0.2) is 0 Å². The van der Waals surface area contributed by atoms with Gasteiger partial charge in [-0.15, -0.1) is 13.2 Å². The van der Waals surface area contributed by atoms with Crippen molar-refractivity contribution < 1.29 is 32.2 Å². The Hall–Kier alpha value is -2.29. The fraction of sp³-hybridized carbons (Fsp3) is 0.500. The molecule has 1 aromatic rings. The molecule has 1 heterocycles. The van der Waals surface area contributed by atoms with Crippen LogP contribution in [-0.2, 0) is 14.3 Å². The Morgan fingerprint density at radius 3 is 2.84 bits per heavy atom. The molecule has 138 valence electrons. The van der Waals surface area contributed by atoms with E-state index in [0.29, 0.717) is 19.6 Å². The highest BCUT2D eigenvalue weighted by Crippen LogP contribution is 2.29. The first-order chi connectivity index (χ1) is 11.8. The van der Waals surface area contributed by atoms with E-state index in [1.165, 1.54) is 17.0 Å². The highest BCUT2D eigenvalue weighted by molar-refractivity contribution is 6.01. The fourth-order valence-corrected chi connectivity index (χ4v) is 2.49. The molecule has 0 radical (unpaired) electrons. The summed E-state index contributed by atoms with van der Waals surface area (Å²) < 4.78 is 45.8. The first-order valence-electron chi connectivity index (χ1n) is 7.84. The Morgan fingerprint density at radius 2 is 2.16 bits per heavy atom. The van der Waals surface area contributed by atoms with Crippen LogP contribution in [0.5, 0.6) is 5.75 Å². The lowest BCUT2D eigenvalue weighted by molar-refractivity contribution is -0.274. The van der Waals surface area contributed by atoms with E-state index in [2.05, 4.69) is 10.1 Å². The van der Waals surface area contributed by atoms with Crippen molar-refractivity contribution in [1.29, 1.82) is 0 Å². The number of hydrogen-bond donors (Lipinski definition) is 1. The van der Waals surface area contributed by atoms with Crippen molar-refractivity contribution in [1.82, 2.24) is 5.32 Å². The van der Waals surface area contributed by atoms with E-state index in [1.54, 1.807) is 0 Å². The second kappa shape index (κ2) is 8.19. The van der Waals surface area contributed by atoms with Crippen molar-refractivity contribution in [3.8, 4) is 5.75 Å². The van der Waals surface area contributed by atoms with Crippen LogP contribution in [0.1, 0.15) is 19.8 Å². The van der Waals surface area contributed by atoms with Gasteiger partial charge in [-0.05, 0) is 25.5 Å². The van der Waals surface area contributed by atoms with E-state index >= 15 is 0 Å². The zero-order valence-corrected chi connectivity index (χ0v) is 13.6. The number of nitrogens with one attached hydrogen (secondary N) is 1. The van der Waals surface area contributed by atoms with Crippen LogP contribution in [-0.4, -0.2) is 44.0 Å². The topological polar surface area (TPSA) is 67.9 Å². The monoisotopic (exact) mass is 360 g/mol. The molecule has 25 heavy (non-hydrogen) atoms. The highest BCUT2D eigenvalue weighted by Gasteiger charge is 2.35. The SMILES string of the molecule is CCOCCC(=O)N[C@H]1CCN(c2cccc(OC(F)(F)F)c2)C1=O. The van der Waals surface area contributed by atoms with Crippen molar-refractivity contribution in [3.05, 3.63) is 24.3 Å². The molecule has 9 heteroatoms. The number of alkyl halides is 3. The Balaban J connectivity index is 1.97. The molecule has 0 unspecified atom stereocenters. The van der Waals surface area contributed by atoms with E-state index < -0.39 is 18.2 Å². The smallest absolute Gasteiger partial charge is 0.406 e. The Morgan fingerprint density at radius 1 is 1.40 bits per heavy atom. The van der Waals surface area contributed by atoms with Crippen LogP contribution in [0, 0.1) is 0 Å². The molecule has 6 nitrogen and oxygen atoms in total. The maximum Gasteiger partial charge on any atom is 0.573 e. The number of carbonyl (C=O) groups excluding carboxylic acids is 2. The summed E-state index contributed by atoms with van der Waals surface area (Å²) in [5.74, 6) is -1.07. The van der Waals surface area contributed by atoms with Crippen molar-refractivity contribution in [2.24, 2.45) is 0 Å². The largest absolute Gasteiger partial charge is 0.573 e. The zero-order valence-electron chi connectivity index (χ0n) is 13.6. The van der Waals surface area contributed by atoms with Crippen LogP contribution < -0.4 is 15.0 Å². The number of halogens is 3. The number of nitrogens with zero attached hydrogens (tertiary/aromatic N) is 1. The standard InChI is InChI=1S/C16H19F3N2O4/c1-2-24-9-7-14(22)20-13-6-8-21(15(13)23)11-4-3-5-12(10-11)25-16(17,18)19/h3-5,10,13H,2,6-9H2,1H3,(H,20,22)/t13-/m0/s1. The summed E-state index contributed by atoms with van der Waals surface area (Å²) in [5, 5.41) is 2.62. The van der Waals surface area contributed by atoms with Gasteiger partial charge in [-0.3, -0.25) is 9.59 Å². The summed E-state index contributed by atoms with van der Waals surface area (Å²) in [4.78, 5) is 25.5. The van der Waals surface area contributed by atoms with Gasteiger partial charge >= 0.3 is 6.36 Å². The van der Waals surface area contributed by atoms with Crippen LogP contribution in [0.3, 0.4) is 0 Å². The molecule has 0 saturated carbocycles. The van der Waals surface area contributed by atoms with Gasteiger partial charge in [-0.1, -0.05) is 6.07 Å². The maximum atomic E-state index is 12.4. The summed E-state index contributed by atoms with van der Waals surface area (Å²) >= 11 is 0. The molecule has 0 aromatic heterocycles. The molecular weight excluding hydrogens is 341 g/mol. The van der Waals surface area contributed by atoms with Gasteiger partial charge in [0.05, 0.1) is 6.61 Å². The minimum absolute atomic E-state index is 0.145. The molecule has 1 aliphatic heterocycles. The van der Waals surface area contributed by atoms with Crippen molar-refractivity contribution in [2.45, 2.75) is 32.2 Å². The zero-order chi connectivity index (χ0) is 18.4. The lowest BCUT2D eigenvalue weighted by Crippen LogP contribution is -2.41. The van der Waals surface area contributed by atoms with E-state index in [4.69, 9.17) is 4.74 Å². The summed E-state index contributed by atoms with van der Waals surface area (Å²) in [6.07, 6.45) is -4.28. The highest BCUT2D eigenvalue weighted by atomic mass is 19.4. The molecule has 1 aromatic carbocycles.